The minimum Gasteiger partial charge on any atom is -0.481 e. The lowest BCUT2D eigenvalue weighted by atomic mass is 10.0. The zero-order valence-electron chi connectivity index (χ0n) is 12.0. The monoisotopic (exact) mass is 292 g/mol. The van der Waals surface area contributed by atoms with Crippen molar-refractivity contribution in [2.24, 2.45) is 11.7 Å². The molecule has 2 atom stereocenters. The number of carbonyl (C=O) groups is 2. The summed E-state index contributed by atoms with van der Waals surface area (Å²) in [4.78, 5) is 24.4. The van der Waals surface area contributed by atoms with Crippen LogP contribution in [0, 0.1) is 5.92 Å². The molecule has 114 valence electrons. The lowest BCUT2D eigenvalue weighted by Gasteiger charge is -2.29. The van der Waals surface area contributed by atoms with Crippen LogP contribution in [-0.2, 0) is 16.1 Å². The number of carboxylic acid groups (broad SMARTS) is 1. The molecule has 1 aliphatic rings. The minimum atomic E-state index is -0.819. The third-order valence-corrected chi connectivity index (χ3v) is 3.87. The van der Waals surface area contributed by atoms with Crippen LogP contribution in [0.5, 0.6) is 0 Å². The van der Waals surface area contributed by atoms with Crippen molar-refractivity contribution in [2.75, 3.05) is 19.8 Å². The highest BCUT2D eigenvalue weighted by Crippen LogP contribution is 2.22. The van der Waals surface area contributed by atoms with Crippen LogP contribution in [0.4, 0.5) is 0 Å². The molecule has 1 heterocycles. The van der Waals surface area contributed by atoms with Crippen molar-refractivity contribution in [3.05, 3.63) is 35.4 Å². The molecule has 1 aromatic rings. The average molecular weight is 292 g/mol. The molecule has 0 radical (unpaired) electrons. The molecule has 0 bridgehead atoms. The number of rotatable bonds is 6. The summed E-state index contributed by atoms with van der Waals surface area (Å²) in [6.07, 6.45) is 0. The molecule has 0 aliphatic carbocycles. The fraction of sp³-hybridized carbons (Fsp3) is 0.467. The number of likely N-dealkylation sites (N-methyl/N-ethyl adjacent to an activating group) is 1. The van der Waals surface area contributed by atoms with Crippen LogP contribution in [0.3, 0.4) is 0 Å². The van der Waals surface area contributed by atoms with Crippen molar-refractivity contribution in [2.45, 2.75) is 19.5 Å². The molecule has 1 aliphatic heterocycles. The number of nitrogens with two attached hydrogens (primary N) is 1. The van der Waals surface area contributed by atoms with Crippen molar-refractivity contribution in [1.82, 2.24) is 4.90 Å². The van der Waals surface area contributed by atoms with Crippen LogP contribution in [0.2, 0.25) is 0 Å². The number of benzene rings is 1. The highest BCUT2D eigenvalue weighted by atomic mass is 16.5. The van der Waals surface area contributed by atoms with E-state index in [0.717, 1.165) is 12.1 Å². The van der Waals surface area contributed by atoms with Crippen molar-refractivity contribution in [1.29, 1.82) is 0 Å². The fourth-order valence-electron chi connectivity index (χ4n) is 2.61. The zero-order chi connectivity index (χ0) is 15.4. The zero-order valence-corrected chi connectivity index (χ0v) is 12.0. The molecule has 0 saturated carbocycles. The second-order valence-electron chi connectivity index (χ2n) is 5.17. The van der Waals surface area contributed by atoms with Crippen molar-refractivity contribution in [3.8, 4) is 0 Å². The third kappa shape index (κ3) is 3.59. The molecule has 1 saturated heterocycles. The van der Waals surface area contributed by atoms with Gasteiger partial charge in [0.15, 0.2) is 0 Å². The largest absolute Gasteiger partial charge is 0.481 e. The van der Waals surface area contributed by atoms with E-state index in [1.54, 1.807) is 12.1 Å². The van der Waals surface area contributed by atoms with Gasteiger partial charge in [-0.3, -0.25) is 14.5 Å². The van der Waals surface area contributed by atoms with Crippen LogP contribution in [0.15, 0.2) is 24.3 Å². The SMILES string of the molecule is CCN(Cc1ccc(C(N)=O)cc1)C1COCC1C(=O)O. The van der Waals surface area contributed by atoms with Gasteiger partial charge in [-0.1, -0.05) is 19.1 Å². The molecule has 1 amide bonds. The standard InChI is InChI=1S/C15H20N2O4/c1-2-17(13-9-21-8-12(13)15(19)20)7-10-3-5-11(6-4-10)14(16)18/h3-6,12-13H,2,7-9H2,1H3,(H2,16,18)(H,19,20). The van der Waals surface area contributed by atoms with Gasteiger partial charge in [-0.25, -0.2) is 0 Å². The summed E-state index contributed by atoms with van der Waals surface area (Å²) in [5.74, 6) is -1.76. The highest BCUT2D eigenvalue weighted by molar-refractivity contribution is 5.92. The maximum absolute atomic E-state index is 11.2. The lowest BCUT2D eigenvalue weighted by Crippen LogP contribution is -2.42. The highest BCUT2D eigenvalue weighted by Gasteiger charge is 2.37. The number of hydrogen-bond donors (Lipinski definition) is 2. The van der Waals surface area contributed by atoms with Gasteiger partial charge in [0.1, 0.15) is 0 Å². The van der Waals surface area contributed by atoms with Gasteiger partial charge < -0.3 is 15.6 Å². The topological polar surface area (TPSA) is 92.9 Å². The molecule has 6 nitrogen and oxygen atoms in total. The number of aliphatic carboxylic acids is 1. The molecular weight excluding hydrogens is 272 g/mol. The van der Waals surface area contributed by atoms with Crippen molar-refractivity contribution in [3.63, 3.8) is 0 Å². The van der Waals surface area contributed by atoms with Gasteiger partial charge in [0, 0.05) is 18.2 Å². The van der Waals surface area contributed by atoms with Gasteiger partial charge in [0.2, 0.25) is 5.91 Å². The van der Waals surface area contributed by atoms with Gasteiger partial charge in [0.05, 0.1) is 19.1 Å². The number of amides is 1. The second kappa shape index (κ2) is 6.69. The normalized spacial score (nSPS) is 21.6. The predicted molar refractivity (Wildman–Crippen MR) is 76.8 cm³/mol. The number of carboxylic acids is 1. The Kier molecular flexibility index (Phi) is 4.93. The van der Waals surface area contributed by atoms with E-state index in [4.69, 9.17) is 10.5 Å². The third-order valence-electron chi connectivity index (χ3n) is 3.87. The first-order chi connectivity index (χ1) is 10.0. The Morgan fingerprint density at radius 2 is 2.00 bits per heavy atom. The molecule has 1 fully saturated rings. The quantitative estimate of drug-likeness (QED) is 0.805. The summed E-state index contributed by atoms with van der Waals surface area (Å²) in [6, 6.07) is 6.93. The Morgan fingerprint density at radius 3 is 2.52 bits per heavy atom. The number of hydrogen-bond acceptors (Lipinski definition) is 4. The summed E-state index contributed by atoms with van der Waals surface area (Å²) in [5.41, 5.74) is 6.69. The Balaban J connectivity index is 2.08. The fourth-order valence-corrected chi connectivity index (χ4v) is 2.61. The molecule has 0 spiro atoms. The number of primary amides is 1. The first-order valence-corrected chi connectivity index (χ1v) is 6.96. The molecule has 2 rings (SSSR count). The van der Waals surface area contributed by atoms with Crippen LogP contribution in [0.1, 0.15) is 22.8 Å². The molecule has 1 aromatic carbocycles. The van der Waals surface area contributed by atoms with Gasteiger partial charge in [0.25, 0.3) is 0 Å². The summed E-state index contributed by atoms with van der Waals surface area (Å²) < 4.78 is 5.32. The van der Waals surface area contributed by atoms with E-state index in [1.165, 1.54) is 0 Å². The van der Waals surface area contributed by atoms with E-state index in [9.17, 15) is 14.7 Å². The van der Waals surface area contributed by atoms with E-state index in [2.05, 4.69) is 4.90 Å². The average Bonchev–Trinajstić information content (AvgIpc) is 2.94. The number of carbonyl (C=O) groups excluding carboxylic acids is 1. The van der Waals surface area contributed by atoms with E-state index in [1.807, 2.05) is 19.1 Å². The lowest BCUT2D eigenvalue weighted by molar-refractivity contribution is -0.143. The second-order valence-corrected chi connectivity index (χ2v) is 5.17. The first-order valence-electron chi connectivity index (χ1n) is 6.96. The summed E-state index contributed by atoms with van der Waals surface area (Å²) in [7, 11) is 0. The Bertz CT molecular complexity index is 515. The van der Waals surface area contributed by atoms with Crippen LogP contribution in [-0.4, -0.2) is 47.7 Å². The smallest absolute Gasteiger partial charge is 0.310 e. The Hall–Kier alpha value is -1.92. The van der Waals surface area contributed by atoms with Crippen molar-refractivity contribution >= 4 is 11.9 Å². The van der Waals surface area contributed by atoms with E-state index in [0.29, 0.717) is 18.7 Å². The van der Waals surface area contributed by atoms with E-state index < -0.39 is 17.8 Å². The van der Waals surface area contributed by atoms with Gasteiger partial charge in [-0.15, -0.1) is 0 Å². The van der Waals surface area contributed by atoms with Crippen LogP contribution in [0.25, 0.3) is 0 Å². The molecular formula is C15H20N2O4. The maximum Gasteiger partial charge on any atom is 0.310 e. The maximum atomic E-state index is 11.2. The minimum absolute atomic E-state index is 0.122. The summed E-state index contributed by atoms with van der Waals surface area (Å²) >= 11 is 0. The van der Waals surface area contributed by atoms with Crippen LogP contribution < -0.4 is 5.73 Å². The molecule has 2 unspecified atom stereocenters. The summed E-state index contributed by atoms with van der Waals surface area (Å²) in [6.45, 7) is 4.04. The first kappa shape index (κ1) is 15.5. The number of nitrogens with zero attached hydrogens (tertiary/aromatic N) is 1. The number of ether oxygens (including phenoxy) is 1. The molecule has 3 N–H and O–H groups in total. The Labute approximate surface area is 123 Å². The Morgan fingerprint density at radius 1 is 1.33 bits per heavy atom. The van der Waals surface area contributed by atoms with E-state index >= 15 is 0 Å². The van der Waals surface area contributed by atoms with Gasteiger partial charge in [-0.05, 0) is 24.2 Å². The summed E-state index contributed by atoms with van der Waals surface area (Å²) in [5, 5.41) is 9.23. The molecule has 6 heteroatoms. The van der Waals surface area contributed by atoms with Gasteiger partial charge >= 0.3 is 5.97 Å². The van der Waals surface area contributed by atoms with Gasteiger partial charge in [-0.2, -0.15) is 0 Å². The molecule has 21 heavy (non-hydrogen) atoms. The molecule has 0 aromatic heterocycles. The predicted octanol–water partition coefficient (Wildman–Crippen LogP) is 0.707. The van der Waals surface area contributed by atoms with Crippen LogP contribution >= 0.6 is 0 Å². The van der Waals surface area contributed by atoms with E-state index in [-0.39, 0.29) is 12.6 Å². The van der Waals surface area contributed by atoms with Crippen molar-refractivity contribution < 1.29 is 19.4 Å².